The Kier molecular flexibility index (Phi) is 4.30. The van der Waals surface area contributed by atoms with E-state index in [2.05, 4.69) is 9.72 Å². The Morgan fingerprint density at radius 1 is 1.05 bits per heavy atom. The molecule has 0 aliphatic rings. The molecule has 0 saturated carbocycles. The molecular formula is C13H8Cl3NO2. The lowest BCUT2D eigenvalue weighted by atomic mass is 10.1. The van der Waals surface area contributed by atoms with Gasteiger partial charge in [0.25, 0.3) is 0 Å². The summed E-state index contributed by atoms with van der Waals surface area (Å²) < 4.78 is 4.62. The molecule has 0 aliphatic heterocycles. The molecule has 98 valence electrons. The Bertz CT molecular complexity index is 644. The van der Waals surface area contributed by atoms with E-state index >= 15 is 0 Å². The predicted molar refractivity (Wildman–Crippen MR) is 76.0 cm³/mol. The Morgan fingerprint density at radius 2 is 1.74 bits per heavy atom. The zero-order valence-corrected chi connectivity index (χ0v) is 12.1. The molecule has 0 unspecified atom stereocenters. The second-order valence-corrected chi connectivity index (χ2v) is 4.87. The van der Waals surface area contributed by atoms with Gasteiger partial charge in [-0.2, -0.15) is 0 Å². The summed E-state index contributed by atoms with van der Waals surface area (Å²) >= 11 is 17.7. The summed E-state index contributed by atoms with van der Waals surface area (Å²) in [5.41, 5.74) is 1.35. The number of nitrogens with zero attached hydrogens (tertiary/aromatic N) is 1. The number of hydrogen-bond acceptors (Lipinski definition) is 3. The van der Waals surface area contributed by atoms with Crippen molar-refractivity contribution in [2.75, 3.05) is 7.11 Å². The van der Waals surface area contributed by atoms with Crippen LogP contribution in [-0.2, 0) is 4.74 Å². The number of ether oxygens (including phenoxy) is 1. The van der Waals surface area contributed by atoms with Gasteiger partial charge in [0.05, 0.1) is 27.9 Å². The van der Waals surface area contributed by atoms with Gasteiger partial charge in [-0.1, -0.05) is 40.9 Å². The van der Waals surface area contributed by atoms with Crippen LogP contribution in [0.3, 0.4) is 0 Å². The van der Waals surface area contributed by atoms with Gasteiger partial charge in [0.15, 0.2) is 5.69 Å². The summed E-state index contributed by atoms with van der Waals surface area (Å²) in [6.45, 7) is 0. The van der Waals surface area contributed by atoms with Gasteiger partial charge in [-0.05, 0) is 24.3 Å². The molecule has 3 nitrogen and oxygen atoms in total. The predicted octanol–water partition coefficient (Wildman–Crippen LogP) is 4.50. The third-order valence-electron chi connectivity index (χ3n) is 2.44. The molecule has 19 heavy (non-hydrogen) atoms. The summed E-state index contributed by atoms with van der Waals surface area (Å²) in [5.74, 6) is -0.591. The quantitative estimate of drug-likeness (QED) is 0.766. The molecule has 1 aromatic carbocycles. The van der Waals surface area contributed by atoms with E-state index in [-0.39, 0.29) is 10.7 Å². The van der Waals surface area contributed by atoms with Crippen LogP contribution in [0, 0.1) is 0 Å². The molecule has 0 radical (unpaired) electrons. The minimum atomic E-state index is -0.591. The van der Waals surface area contributed by atoms with Crippen LogP contribution in [0.1, 0.15) is 10.5 Å². The van der Waals surface area contributed by atoms with Crippen molar-refractivity contribution >= 4 is 40.8 Å². The lowest BCUT2D eigenvalue weighted by Gasteiger charge is -2.06. The Hall–Kier alpha value is -1.29. The van der Waals surface area contributed by atoms with E-state index in [0.29, 0.717) is 15.7 Å². The molecule has 1 heterocycles. The van der Waals surface area contributed by atoms with E-state index in [4.69, 9.17) is 34.8 Å². The molecule has 0 bridgehead atoms. The molecule has 2 rings (SSSR count). The maximum absolute atomic E-state index is 11.5. The van der Waals surface area contributed by atoms with Gasteiger partial charge in [-0.3, -0.25) is 0 Å². The van der Waals surface area contributed by atoms with Crippen molar-refractivity contribution in [3.05, 3.63) is 51.1 Å². The number of pyridine rings is 1. The number of carbonyl (C=O) groups excluding carboxylic acids is 1. The average Bonchev–Trinajstić information content (AvgIpc) is 2.41. The van der Waals surface area contributed by atoms with Crippen LogP contribution < -0.4 is 0 Å². The van der Waals surface area contributed by atoms with Gasteiger partial charge in [-0.15, -0.1) is 0 Å². The molecule has 0 aliphatic carbocycles. The fraction of sp³-hybridized carbons (Fsp3) is 0.0769. The molecule has 0 atom stereocenters. The number of methoxy groups -OCH3 is 1. The van der Waals surface area contributed by atoms with E-state index < -0.39 is 5.97 Å². The summed E-state index contributed by atoms with van der Waals surface area (Å²) in [5, 5.41) is 1.10. The van der Waals surface area contributed by atoms with Crippen LogP contribution in [0.15, 0.2) is 30.3 Å². The Balaban J connectivity index is 2.51. The van der Waals surface area contributed by atoms with E-state index in [9.17, 15) is 4.79 Å². The van der Waals surface area contributed by atoms with Gasteiger partial charge in [0.2, 0.25) is 0 Å². The minimum absolute atomic E-state index is 0.0627. The summed E-state index contributed by atoms with van der Waals surface area (Å²) in [4.78, 5) is 15.7. The first-order chi connectivity index (χ1) is 9.02. The molecule has 0 spiro atoms. The second kappa shape index (κ2) is 5.78. The van der Waals surface area contributed by atoms with Crippen molar-refractivity contribution in [1.82, 2.24) is 4.98 Å². The third kappa shape index (κ3) is 3.00. The normalized spacial score (nSPS) is 10.3. The summed E-state index contributed by atoms with van der Waals surface area (Å²) in [6, 6.07) is 8.35. The van der Waals surface area contributed by atoms with Crippen molar-refractivity contribution < 1.29 is 9.53 Å². The first-order valence-electron chi connectivity index (χ1n) is 5.23. The number of rotatable bonds is 2. The zero-order chi connectivity index (χ0) is 14.0. The molecule has 0 N–H and O–H groups in total. The lowest BCUT2D eigenvalue weighted by molar-refractivity contribution is 0.0594. The molecule has 0 fully saturated rings. The van der Waals surface area contributed by atoms with Crippen LogP contribution in [0.2, 0.25) is 15.1 Å². The number of hydrogen-bond donors (Lipinski definition) is 0. The number of benzene rings is 1. The van der Waals surface area contributed by atoms with Gasteiger partial charge in [0, 0.05) is 5.56 Å². The first kappa shape index (κ1) is 14.1. The number of aromatic nitrogens is 1. The summed E-state index contributed by atoms with van der Waals surface area (Å²) in [7, 11) is 1.27. The standard InChI is InChI=1S/C13H8Cl3NO2/c1-19-13(18)12-9(15)4-5-11(17-12)7-2-3-8(14)10(16)6-7/h2-6H,1H3. The fourth-order valence-electron chi connectivity index (χ4n) is 1.50. The van der Waals surface area contributed by atoms with Crippen LogP contribution in [0.5, 0.6) is 0 Å². The van der Waals surface area contributed by atoms with Gasteiger partial charge in [-0.25, -0.2) is 9.78 Å². The first-order valence-corrected chi connectivity index (χ1v) is 6.36. The van der Waals surface area contributed by atoms with E-state index in [0.717, 1.165) is 5.56 Å². The van der Waals surface area contributed by atoms with Crippen molar-refractivity contribution in [1.29, 1.82) is 0 Å². The highest BCUT2D eigenvalue weighted by atomic mass is 35.5. The van der Waals surface area contributed by atoms with Gasteiger partial charge < -0.3 is 4.74 Å². The fourth-order valence-corrected chi connectivity index (χ4v) is 1.98. The van der Waals surface area contributed by atoms with Crippen LogP contribution in [-0.4, -0.2) is 18.1 Å². The third-order valence-corrected chi connectivity index (χ3v) is 3.48. The highest BCUT2D eigenvalue weighted by Crippen LogP contribution is 2.28. The largest absolute Gasteiger partial charge is 0.464 e. The maximum Gasteiger partial charge on any atom is 0.358 e. The Labute approximate surface area is 125 Å². The molecular weight excluding hydrogens is 309 g/mol. The van der Waals surface area contributed by atoms with Crippen molar-refractivity contribution in [2.24, 2.45) is 0 Å². The highest BCUT2D eigenvalue weighted by molar-refractivity contribution is 6.42. The van der Waals surface area contributed by atoms with Crippen LogP contribution in [0.25, 0.3) is 11.3 Å². The molecule has 1 aromatic heterocycles. The van der Waals surface area contributed by atoms with Crippen LogP contribution in [0.4, 0.5) is 0 Å². The number of esters is 1. The SMILES string of the molecule is COC(=O)c1nc(-c2ccc(Cl)c(Cl)c2)ccc1Cl. The van der Waals surface area contributed by atoms with Gasteiger partial charge in [0.1, 0.15) is 0 Å². The Morgan fingerprint density at radius 3 is 2.37 bits per heavy atom. The van der Waals surface area contributed by atoms with Crippen molar-refractivity contribution in [2.45, 2.75) is 0 Å². The number of carbonyl (C=O) groups is 1. The lowest BCUT2D eigenvalue weighted by Crippen LogP contribution is -2.05. The molecule has 6 heteroatoms. The monoisotopic (exact) mass is 315 g/mol. The molecule has 0 amide bonds. The van der Waals surface area contributed by atoms with E-state index in [1.807, 2.05) is 0 Å². The molecule has 2 aromatic rings. The second-order valence-electron chi connectivity index (χ2n) is 3.65. The van der Waals surface area contributed by atoms with Crippen molar-refractivity contribution in [3.63, 3.8) is 0 Å². The van der Waals surface area contributed by atoms with Crippen LogP contribution >= 0.6 is 34.8 Å². The highest BCUT2D eigenvalue weighted by Gasteiger charge is 2.14. The number of halogens is 3. The van der Waals surface area contributed by atoms with E-state index in [1.54, 1.807) is 30.3 Å². The minimum Gasteiger partial charge on any atom is -0.464 e. The smallest absolute Gasteiger partial charge is 0.358 e. The van der Waals surface area contributed by atoms with E-state index in [1.165, 1.54) is 7.11 Å². The zero-order valence-electron chi connectivity index (χ0n) is 9.78. The van der Waals surface area contributed by atoms with Crippen molar-refractivity contribution in [3.8, 4) is 11.3 Å². The maximum atomic E-state index is 11.5. The molecule has 0 saturated heterocycles. The average molecular weight is 317 g/mol. The van der Waals surface area contributed by atoms with Gasteiger partial charge >= 0.3 is 5.97 Å². The summed E-state index contributed by atoms with van der Waals surface area (Å²) in [6.07, 6.45) is 0. The topological polar surface area (TPSA) is 39.2 Å².